The quantitative estimate of drug-likeness (QED) is 0.849. The van der Waals surface area contributed by atoms with E-state index in [4.69, 9.17) is 9.47 Å². The highest BCUT2D eigenvalue weighted by Crippen LogP contribution is 2.45. The smallest absolute Gasteiger partial charge is 0.290 e. The van der Waals surface area contributed by atoms with Crippen molar-refractivity contribution < 1.29 is 19.1 Å². The molecule has 1 aliphatic carbocycles. The van der Waals surface area contributed by atoms with Crippen LogP contribution in [0.15, 0.2) is 18.2 Å². The molecule has 0 bridgehead atoms. The lowest BCUT2D eigenvalue weighted by Crippen LogP contribution is -2.35. The number of nitrogens with one attached hydrogen (secondary N) is 2. The van der Waals surface area contributed by atoms with Gasteiger partial charge in [-0.2, -0.15) is 0 Å². The Morgan fingerprint density at radius 2 is 2.05 bits per heavy atom. The van der Waals surface area contributed by atoms with Gasteiger partial charge >= 0.3 is 0 Å². The van der Waals surface area contributed by atoms with Gasteiger partial charge in [-0.05, 0) is 18.9 Å². The molecule has 0 aromatic heterocycles. The van der Waals surface area contributed by atoms with Crippen molar-refractivity contribution in [2.45, 2.75) is 18.6 Å². The number of benzene rings is 1. The molecule has 1 saturated heterocycles. The van der Waals surface area contributed by atoms with Crippen molar-refractivity contribution in [2.24, 2.45) is 5.92 Å². The number of fused-ring (bicyclic) bond motifs is 2. The topological polar surface area (TPSA) is 76.7 Å². The minimum Gasteiger partial charge on any atom is -0.336 e. The summed E-state index contributed by atoms with van der Waals surface area (Å²) < 4.78 is 11.0. The normalized spacial score (nSPS) is 22.7. The summed E-state index contributed by atoms with van der Waals surface area (Å²) in [5, 5.41) is 5.63. The van der Waals surface area contributed by atoms with Gasteiger partial charge in [0.15, 0.2) is 0 Å². The molecule has 1 aromatic carbocycles. The van der Waals surface area contributed by atoms with E-state index in [1.807, 2.05) is 0 Å². The van der Waals surface area contributed by atoms with Gasteiger partial charge in [0.25, 0.3) is 11.7 Å². The van der Waals surface area contributed by atoms with Crippen LogP contribution >= 0.6 is 0 Å². The highest BCUT2D eigenvalue weighted by molar-refractivity contribution is 6.09. The van der Waals surface area contributed by atoms with Crippen molar-refractivity contribution in [3.63, 3.8) is 0 Å². The van der Waals surface area contributed by atoms with E-state index < -0.39 is 5.79 Å². The van der Waals surface area contributed by atoms with Crippen LogP contribution in [0.3, 0.4) is 0 Å². The predicted octanol–water partition coefficient (Wildman–Crippen LogP) is 1.19. The third-order valence-corrected chi connectivity index (χ3v) is 3.86. The summed E-state index contributed by atoms with van der Waals surface area (Å²) in [5.41, 5.74) is 1.81. The molecular formula is C14H14N2O4. The van der Waals surface area contributed by atoms with Crippen LogP contribution in [-0.2, 0) is 24.8 Å². The number of ether oxygens (including phenoxy) is 2. The Bertz CT molecular complexity index is 603. The van der Waals surface area contributed by atoms with E-state index in [-0.39, 0.29) is 17.7 Å². The number of rotatable bonds is 2. The minimum absolute atomic E-state index is 0.00172. The van der Waals surface area contributed by atoms with Crippen molar-refractivity contribution in [2.75, 3.05) is 23.8 Å². The SMILES string of the molecule is O=C(Nc1cccc2c1NC(=O)C21OCCO1)C1CC1. The second kappa shape index (κ2) is 4.04. The molecule has 6 heteroatoms. The fourth-order valence-corrected chi connectivity index (χ4v) is 2.66. The maximum absolute atomic E-state index is 12.2. The molecule has 0 unspecified atom stereocenters. The number of anilines is 2. The average Bonchev–Trinajstić information content (AvgIpc) is 3.12. The lowest BCUT2D eigenvalue weighted by atomic mass is 10.1. The minimum atomic E-state index is -1.34. The van der Waals surface area contributed by atoms with Gasteiger partial charge < -0.3 is 20.1 Å². The Morgan fingerprint density at radius 1 is 1.30 bits per heavy atom. The van der Waals surface area contributed by atoms with Crippen LogP contribution in [0.1, 0.15) is 18.4 Å². The van der Waals surface area contributed by atoms with Gasteiger partial charge in [0.1, 0.15) is 0 Å². The van der Waals surface area contributed by atoms with Crippen LogP contribution in [-0.4, -0.2) is 25.0 Å². The largest absolute Gasteiger partial charge is 0.336 e. The van der Waals surface area contributed by atoms with E-state index in [2.05, 4.69) is 10.6 Å². The zero-order chi connectivity index (χ0) is 13.7. The molecule has 2 fully saturated rings. The van der Waals surface area contributed by atoms with Crippen molar-refractivity contribution in [3.8, 4) is 0 Å². The summed E-state index contributed by atoms with van der Waals surface area (Å²) >= 11 is 0. The first kappa shape index (κ1) is 11.9. The van der Waals surface area contributed by atoms with Gasteiger partial charge in [0.2, 0.25) is 5.91 Å². The first-order valence-electron chi connectivity index (χ1n) is 6.74. The lowest BCUT2D eigenvalue weighted by molar-refractivity contribution is -0.178. The van der Waals surface area contributed by atoms with Gasteiger partial charge in [-0.1, -0.05) is 12.1 Å². The Kier molecular flexibility index (Phi) is 2.40. The summed E-state index contributed by atoms with van der Waals surface area (Å²) in [6.07, 6.45) is 1.87. The molecule has 2 aliphatic heterocycles. The fraction of sp³-hybridized carbons (Fsp3) is 0.429. The maximum atomic E-state index is 12.2. The van der Waals surface area contributed by atoms with Gasteiger partial charge in [-0.25, -0.2) is 0 Å². The molecule has 1 saturated carbocycles. The molecular weight excluding hydrogens is 260 g/mol. The van der Waals surface area contributed by atoms with Crippen LogP contribution < -0.4 is 10.6 Å². The average molecular weight is 274 g/mol. The molecule has 4 rings (SSSR count). The number of carbonyl (C=O) groups is 2. The zero-order valence-electron chi connectivity index (χ0n) is 10.8. The van der Waals surface area contributed by atoms with Crippen LogP contribution in [0.4, 0.5) is 11.4 Å². The standard InChI is InChI=1S/C14H14N2O4/c17-12(8-4-5-8)15-10-3-1-2-9-11(10)16-13(18)14(9)19-6-7-20-14/h1-3,8H,4-7H2,(H,15,17)(H,16,18). The van der Waals surface area contributed by atoms with E-state index in [0.717, 1.165) is 12.8 Å². The molecule has 20 heavy (non-hydrogen) atoms. The van der Waals surface area contributed by atoms with E-state index in [9.17, 15) is 9.59 Å². The Balaban J connectivity index is 1.72. The van der Waals surface area contributed by atoms with Crippen molar-refractivity contribution in [1.82, 2.24) is 0 Å². The molecule has 0 radical (unpaired) electrons. The summed E-state index contributed by atoms with van der Waals surface area (Å²) in [6, 6.07) is 5.34. The predicted molar refractivity (Wildman–Crippen MR) is 70.0 cm³/mol. The van der Waals surface area contributed by atoms with Crippen molar-refractivity contribution in [3.05, 3.63) is 23.8 Å². The Hall–Kier alpha value is -1.92. The molecule has 1 aromatic rings. The molecule has 6 nitrogen and oxygen atoms in total. The molecule has 1 spiro atoms. The summed E-state index contributed by atoms with van der Waals surface area (Å²) in [6.45, 7) is 0.761. The monoisotopic (exact) mass is 274 g/mol. The fourth-order valence-electron chi connectivity index (χ4n) is 2.66. The van der Waals surface area contributed by atoms with Crippen LogP contribution in [0.25, 0.3) is 0 Å². The first-order valence-corrected chi connectivity index (χ1v) is 6.74. The van der Waals surface area contributed by atoms with E-state index in [0.29, 0.717) is 30.2 Å². The third-order valence-electron chi connectivity index (χ3n) is 3.86. The Morgan fingerprint density at radius 3 is 2.75 bits per heavy atom. The number of amides is 2. The Labute approximate surface area is 115 Å². The number of para-hydroxylation sites is 1. The molecule has 2 N–H and O–H groups in total. The van der Waals surface area contributed by atoms with Crippen LogP contribution in [0.5, 0.6) is 0 Å². The molecule has 2 amide bonds. The zero-order valence-corrected chi connectivity index (χ0v) is 10.8. The van der Waals surface area contributed by atoms with Gasteiger partial charge in [-0.15, -0.1) is 0 Å². The number of hydrogen-bond acceptors (Lipinski definition) is 4. The van der Waals surface area contributed by atoms with Crippen molar-refractivity contribution >= 4 is 23.2 Å². The van der Waals surface area contributed by atoms with E-state index >= 15 is 0 Å². The van der Waals surface area contributed by atoms with Crippen molar-refractivity contribution in [1.29, 1.82) is 0 Å². The second-order valence-corrected chi connectivity index (χ2v) is 5.26. The summed E-state index contributed by atoms with van der Waals surface area (Å²) in [7, 11) is 0. The molecule has 3 aliphatic rings. The van der Waals surface area contributed by atoms with Gasteiger partial charge in [0, 0.05) is 11.5 Å². The molecule has 0 atom stereocenters. The summed E-state index contributed by atoms with van der Waals surface area (Å²) in [4.78, 5) is 24.0. The molecule has 104 valence electrons. The third kappa shape index (κ3) is 1.58. The number of hydrogen-bond donors (Lipinski definition) is 2. The van der Waals surface area contributed by atoms with Gasteiger partial charge in [-0.3, -0.25) is 9.59 Å². The van der Waals surface area contributed by atoms with Crippen LogP contribution in [0, 0.1) is 5.92 Å². The highest BCUT2D eigenvalue weighted by atomic mass is 16.7. The van der Waals surface area contributed by atoms with E-state index in [1.54, 1.807) is 18.2 Å². The van der Waals surface area contributed by atoms with Crippen LogP contribution in [0.2, 0.25) is 0 Å². The maximum Gasteiger partial charge on any atom is 0.290 e. The highest BCUT2D eigenvalue weighted by Gasteiger charge is 2.53. The summed E-state index contributed by atoms with van der Waals surface area (Å²) in [5.74, 6) is -1.56. The lowest BCUT2D eigenvalue weighted by Gasteiger charge is -2.19. The molecule has 2 heterocycles. The number of carbonyl (C=O) groups excluding carboxylic acids is 2. The second-order valence-electron chi connectivity index (χ2n) is 5.26. The van der Waals surface area contributed by atoms with E-state index in [1.165, 1.54) is 0 Å². The van der Waals surface area contributed by atoms with Gasteiger partial charge in [0.05, 0.1) is 24.6 Å². The first-order chi connectivity index (χ1) is 9.71.